The molecule has 1 aliphatic heterocycles. The zero-order chi connectivity index (χ0) is 18.2. The smallest absolute Gasteiger partial charge is 0.325 e. The summed E-state index contributed by atoms with van der Waals surface area (Å²) in [6.45, 7) is 4.17. The SMILES string of the molecule is CCN(Cc1ccccc1Cl)C(=O)CN1C(=O)NC(C)(C2CC2)C1=O. The summed E-state index contributed by atoms with van der Waals surface area (Å²) in [6.07, 6.45) is 1.86. The number of carbonyl (C=O) groups is 3. The van der Waals surface area contributed by atoms with Gasteiger partial charge in [0.2, 0.25) is 5.91 Å². The van der Waals surface area contributed by atoms with Crippen molar-refractivity contribution in [3.05, 3.63) is 34.9 Å². The van der Waals surface area contributed by atoms with Crippen molar-refractivity contribution in [3.8, 4) is 0 Å². The van der Waals surface area contributed by atoms with Crippen molar-refractivity contribution >= 4 is 29.4 Å². The van der Waals surface area contributed by atoms with E-state index in [4.69, 9.17) is 11.6 Å². The van der Waals surface area contributed by atoms with Gasteiger partial charge in [0.05, 0.1) is 0 Å². The normalized spacial score (nSPS) is 22.9. The molecule has 4 amide bonds. The summed E-state index contributed by atoms with van der Waals surface area (Å²) < 4.78 is 0. The topological polar surface area (TPSA) is 69.7 Å². The van der Waals surface area contributed by atoms with Gasteiger partial charge in [-0.25, -0.2) is 4.79 Å². The van der Waals surface area contributed by atoms with Gasteiger partial charge in [-0.2, -0.15) is 0 Å². The lowest BCUT2D eigenvalue weighted by molar-refractivity contribution is -0.139. The molecule has 3 rings (SSSR count). The molecule has 1 heterocycles. The number of halogens is 1. The van der Waals surface area contributed by atoms with Crippen LogP contribution in [0.4, 0.5) is 4.79 Å². The quantitative estimate of drug-likeness (QED) is 0.789. The number of hydrogen-bond acceptors (Lipinski definition) is 3. The molecule has 2 fully saturated rings. The maximum Gasteiger partial charge on any atom is 0.325 e. The van der Waals surface area contributed by atoms with Gasteiger partial charge in [-0.1, -0.05) is 29.8 Å². The molecule has 0 bridgehead atoms. The second kappa shape index (κ2) is 6.67. The largest absolute Gasteiger partial charge is 0.337 e. The minimum Gasteiger partial charge on any atom is -0.337 e. The van der Waals surface area contributed by atoms with Crippen molar-refractivity contribution in [3.63, 3.8) is 0 Å². The van der Waals surface area contributed by atoms with Crippen LogP contribution in [0.2, 0.25) is 5.02 Å². The highest BCUT2D eigenvalue weighted by molar-refractivity contribution is 6.31. The molecule has 0 radical (unpaired) electrons. The second-order valence-electron chi connectivity index (χ2n) is 6.80. The van der Waals surface area contributed by atoms with E-state index in [2.05, 4.69) is 5.32 Å². The Balaban J connectivity index is 1.69. The molecule has 1 aromatic carbocycles. The fourth-order valence-electron chi connectivity index (χ4n) is 3.24. The number of carbonyl (C=O) groups excluding carboxylic acids is 3. The standard InChI is InChI=1S/C18H22ClN3O3/c1-3-21(10-12-6-4-5-7-14(12)19)15(23)11-22-16(24)18(2,13-8-9-13)20-17(22)25/h4-7,13H,3,8-11H2,1-2H3,(H,20,25). The van der Waals surface area contributed by atoms with E-state index in [1.807, 2.05) is 25.1 Å². The Morgan fingerprint density at radius 3 is 2.64 bits per heavy atom. The van der Waals surface area contributed by atoms with E-state index in [0.717, 1.165) is 23.3 Å². The number of nitrogens with one attached hydrogen (secondary N) is 1. The molecular weight excluding hydrogens is 342 g/mol. The summed E-state index contributed by atoms with van der Waals surface area (Å²) in [4.78, 5) is 40.1. The van der Waals surface area contributed by atoms with Gasteiger partial charge in [0, 0.05) is 18.1 Å². The fourth-order valence-corrected chi connectivity index (χ4v) is 3.44. The molecule has 7 heteroatoms. The van der Waals surface area contributed by atoms with Crippen LogP contribution in [0.5, 0.6) is 0 Å². The molecule has 6 nitrogen and oxygen atoms in total. The molecule has 1 atom stereocenters. The Kier molecular flexibility index (Phi) is 4.73. The molecule has 1 aliphatic carbocycles. The summed E-state index contributed by atoms with van der Waals surface area (Å²) in [5.74, 6) is -0.400. The van der Waals surface area contributed by atoms with Crippen LogP contribution in [0.25, 0.3) is 0 Å². The van der Waals surface area contributed by atoms with Gasteiger partial charge in [-0.15, -0.1) is 0 Å². The molecule has 1 saturated heterocycles. The molecule has 0 aromatic heterocycles. The Hall–Kier alpha value is -2.08. The van der Waals surface area contributed by atoms with Crippen LogP contribution in [0.15, 0.2) is 24.3 Å². The highest BCUT2D eigenvalue weighted by Crippen LogP contribution is 2.42. The number of hydrogen-bond donors (Lipinski definition) is 1. The van der Waals surface area contributed by atoms with Gasteiger partial charge in [0.1, 0.15) is 12.1 Å². The zero-order valence-corrected chi connectivity index (χ0v) is 15.2. The van der Waals surface area contributed by atoms with Crippen molar-refractivity contribution in [2.45, 2.75) is 38.8 Å². The van der Waals surface area contributed by atoms with Gasteiger partial charge in [0.25, 0.3) is 5.91 Å². The number of imide groups is 1. The van der Waals surface area contributed by atoms with Crippen LogP contribution in [-0.4, -0.2) is 46.3 Å². The Morgan fingerprint density at radius 2 is 2.04 bits per heavy atom. The Labute approximate surface area is 152 Å². The summed E-state index contributed by atoms with van der Waals surface area (Å²) >= 11 is 6.16. The molecule has 2 aliphatic rings. The monoisotopic (exact) mass is 363 g/mol. The summed E-state index contributed by atoms with van der Waals surface area (Å²) in [5.41, 5.74) is -0.0312. The third kappa shape index (κ3) is 3.35. The molecule has 1 aromatic rings. The number of urea groups is 1. The second-order valence-corrected chi connectivity index (χ2v) is 7.20. The third-order valence-electron chi connectivity index (χ3n) is 5.04. The summed E-state index contributed by atoms with van der Waals surface area (Å²) in [6, 6.07) is 6.83. The van der Waals surface area contributed by atoms with Crippen molar-refractivity contribution in [2.75, 3.05) is 13.1 Å². The van der Waals surface area contributed by atoms with Crippen LogP contribution in [0.3, 0.4) is 0 Å². The van der Waals surface area contributed by atoms with Crippen LogP contribution < -0.4 is 5.32 Å². The molecule has 1 N–H and O–H groups in total. The predicted molar refractivity (Wildman–Crippen MR) is 93.9 cm³/mol. The maximum absolute atomic E-state index is 12.6. The first kappa shape index (κ1) is 17.7. The minimum atomic E-state index is -0.864. The first-order chi connectivity index (χ1) is 11.9. The van der Waals surface area contributed by atoms with Crippen LogP contribution in [0.1, 0.15) is 32.3 Å². The van der Waals surface area contributed by atoms with E-state index in [-0.39, 0.29) is 24.3 Å². The molecule has 1 saturated carbocycles. The van der Waals surface area contributed by atoms with Crippen molar-refractivity contribution in [2.24, 2.45) is 5.92 Å². The van der Waals surface area contributed by atoms with Crippen molar-refractivity contribution in [1.82, 2.24) is 15.1 Å². The van der Waals surface area contributed by atoms with E-state index in [1.165, 1.54) is 0 Å². The van der Waals surface area contributed by atoms with E-state index in [0.29, 0.717) is 18.1 Å². The van der Waals surface area contributed by atoms with Gasteiger partial charge in [0.15, 0.2) is 0 Å². The lowest BCUT2D eigenvalue weighted by Crippen LogP contribution is -2.47. The first-order valence-electron chi connectivity index (χ1n) is 8.52. The highest BCUT2D eigenvalue weighted by Gasteiger charge is 2.56. The molecular formula is C18H22ClN3O3. The van der Waals surface area contributed by atoms with Gasteiger partial charge < -0.3 is 10.2 Å². The number of amides is 4. The van der Waals surface area contributed by atoms with E-state index < -0.39 is 11.6 Å². The molecule has 1 unspecified atom stereocenters. The number of nitrogens with zero attached hydrogens (tertiary/aromatic N) is 2. The van der Waals surface area contributed by atoms with Crippen LogP contribution in [-0.2, 0) is 16.1 Å². The Bertz CT molecular complexity index is 719. The third-order valence-corrected chi connectivity index (χ3v) is 5.41. The average molecular weight is 364 g/mol. The van der Waals surface area contributed by atoms with Gasteiger partial charge in [-0.05, 0) is 44.2 Å². The van der Waals surface area contributed by atoms with Crippen molar-refractivity contribution in [1.29, 1.82) is 0 Å². The average Bonchev–Trinajstić information content (AvgIpc) is 3.40. The zero-order valence-electron chi connectivity index (χ0n) is 14.4. The Morgan fingerprint density at radius 1 is 1.36 bits per heavy atom. The summed E-state index contributed by atoms with van der Waals surface area (Å²) in [7, 11) is 0. The fraction of sp³-hybridized carbons (Fsp3) is 0.500. The lowest BCUT2D eigenvalue weighted by atomic mass is 9.96. The van der Waals surface area contributed by atoms with E-state index in [1.54, 1.807) is 17.9 Å². The summed E-state index contributed by atoms with van der Waals surface area (Å²) in [5, 5.41) is 3.35. The predicted octanol–water partition coefficient (Wildman–Crippen LogP) is 2.41. The number of rotatable bonds is 6. The minimum absolute atomic E-state index is 0.175. The highest BCUT2D eigenvalue weighted by atomic mass is 35.5. The molecule has 25 heavy (non-hydrogen) atoms. The van der Waals surface area contributed by atoms with Crippen molar-refractivity contribution < 1.29 is 14.4 Å². The van der Waals surface area contributed by atoms with E-state index >= 15 is 0 Å². The van der Waals surface area contributed by atoms with Gasteiger partial charge in [-0.3, -0.25) is 14.5 Å². The maximum atomic E-state index is 12.6. The number of likely N-dealkylation sites (N-methyl/N-ethyl adjacent to an activating group) is 1. The first-order valence-corrected chi connectivity index (χ1v) is 8.90. The number of benzene rings is 1. The molecule has 134 valence electrons. The molecule has 0 spiro atoms. The van der Waals surface area contributed by atoms with Crippen LogP contribution >= 0.6 is 11.6 Å². The lowest BCUT2D eigenvalue weighted by Gasteiger charge is -2.24. The van der Waals surface area contributed by atoms with E-state index in [9.17, 15) is 14.4 Å². The van der Waals surface area contributed by atoms with Crippen LogP contribution in [0, 0.1) is 5.92 Å². The van der Waals surface area contributed by atoms with Gasteiger partial charge >= 0.3 is 6.03 Å².